The van der Waals surface area contributed by atoms with Crippen molar-refractivity contribution in [1.82, 2.24) is 9.88 Å². The van der Waals surface area contributed by atoms with E-state index in [9.17, 15) is 9.90 Å². The van der Waals surface area contributed by atoms with Gasteiger partial charge in [0.25, 0.3) is 5.91 Å². The molecule has 0 bridgehead atoms. The average Bonchev–Trinajstić information content (AvgIpc) is 2.28. The number of aromatic nitrogens is 1. The van der Waals surface area contributed by atoms with Crippen LogP contribution in [0, 0.1) is 0 Å². The minimum Gasteiger partial charge on any atom is -0.505 e. The van der Waals surface area contributed by atoms with Crippen molar-refractivity contribution in [2.45, 2.75) is 13.0 Å². The molecule has 1 N–H and O–H groups in total. The Bertz CT molecular complexity index is 371. The van der Waals surface area contributed by atoms with Crippen molar-refractivity contribution in [3.8, 4) is 5.75 Å². The van der Waals surface area contributed by atoms with E-state index < -0.39 is 0 Å². The molecule has 1 aromatic heterocycles. The highest BCUT2D eigenvalue weighted by molar-refractivity contribution is 7.98. The summed E-state index contributed by atoms with van der Waals surface area (Å²) in [5.74, 6) is 0.616. The van der Waals surface area contributed by atoms with Crippen molar-refractivity contribution in [2.24, 2.45) is 0 Å². The Morgan fingerprint density at radius 3 is 2.94 bits per heavy atom. The normalized spacial score (nSPS) is 12.2. The Balaban J connectivity index is 2.82. The monoisotopic (exact) mass is 240 g/mol. The molecule has 0 fully saturated rings. The van der Waals surface area contributed by atoms with Crippen LogP contribution in [0.1, 0.15) is 17.3 Å². The molecule has 1 atom stereocenters. The van der Waals surface area contributed by atoms with E-state index in [4.69, 9.17) is 0 Å². The maximum absolute atomic E-state index is 12.0. The second kappa shape index (κ2) is 5.75. The predicted molar refractivity (Wildman–Crippen MR) is 65.8 cm³/mol. The maximum Gasteiger partial charge on any atom is 0.257 e. The molecule has 88 valence electrons. The SMILES string of the molecule is CSCC(C)N(C)C(=O)c1ccncc1O. The second-order valence-electron chi connectivity index (χ2n) is 3.61. The molecule has 4 nitrogen and oxygen atoms in total. The fourth-order valence-electron chi connectivity index (χ4n) is 1.31. The highest BCUT2D eigenvalue weighted by Crippen LogP contribution is 2.17. The molecule has 5 heteroatoms. The van der Waals surface area contributed by atoms with Crippen molar-refractivity contribution in [3.05, 3.63) is 24.0 Å². The molecule has 0 radical (unpaired) electrons. The Hall–Kier alpha value is -1.23. The third kappa shape index (κ3) is 2.88. The predicted octanol–water partition coefficient (Wildman–Crippen LogP) is 1.61. The molecule has 1 heterocycles. The van der Waals surface area contributed by atoms with Crippen molar-refractivity contribution < 1.29 is 9.90 Å². The summed E-state index contributed by atoms with van der Waals surface area (Å²) in [5.41, 5.74) is 0.297. The van der Waals surface area contributed by atoms with E-state index in [0.717, 1.165) is 5.75 Å². The zero-order valence-corrected chi connectivity index (χ0v) is 10.5. The molecule has 0 saturated carbocycles. The van der Waals surface area contributed by atoms with Gasteiger partial charge in [-0.25, -0.2) is 0 Å². The zero-order valence-electron chi connectivity index (χ0n) is 9.67. The first-order chi connectivity index (χ1) is 7.57. The first kappa shape index (κ1) is 12.8. The Morgan fingerprint density at radius 1 is 1.69 bits per heavy atom. The molecule has 1 rings (SSSR count). The van der Waals surface area contributed by atoms with Crippen LogP contribution < -0.4 is 0 Å². The summed E-state index contributed by atoms with van der Waals surface area (Å²) < 4.78 is 0. The van der Waals surface area contributed by atoms with E-state index >= 15 is 0 Å². The van der Waals surface area contributed by atoms with Gasteiger partial charge < -0.3 is 10.0 Å². The van der Waals surface area contributed by atoms with Gasteiger partial charge in [0.2, 0.25) is 0 Å². The summed E-state index contributed by atoms with van der Waals surface area (Å²) in [6.07, 6.45) is 4.78. The molecule has 1 amide bonds. The number of carbonyl (C=O) groups excluding carboxylic acids is 1. The fraction of sp³-hybridized carbons (Fsp3) is 0.455. The van der Waals surface area contributed by atoms with Crippen LogP contribution in [0.3, 0.4) is 0 Å². The van der Waals surface area contributed by atoms with Gasteiger partial charge in [-0.3, -0.25) is 9.78 Å². The number of carbonyl (C=O) groups is 1. The highest BCUT2D eigenvalue weighted by Gasteiger charge is 2.19. The lowest BCUT2D eigenvalue weighted by Crippen LogP contribution is -2.36. The summed E-state index contributed by atoms with van der Waals surface area (Å²) in [7, 11) is 1.74. The topological polar surface area (TPSA) is 53.4 Å². The Morgan fingerprint density at radius 2 is 2.38 bits per heavy atom. The van der Waals surface area contributed by atoms with Crippen LogP contribution in [0.5, 0.6) is 5.75 Å². The molecule has 0 aliphatic carbocycles. The number of hydrogen-bond acceptors (Lipinski definition) is 4. The number of nitrogens with zero attached hydrogens (tertiary/aromatic N) is 2. The lowest BCUT2D eigenvalue weighted by Gasteiger charge is -2.24. The van der Waals surface area contributed by atoms with Gasteiger partial charge in [-0.05, 0) is 19.2 Å². The number of hydrogen-bond donors (Lipinski definition) is 1. The third-order valence-electron chi connectivity index (χ3n) is 2.42. The fourth-order valence-corrected chi connectivity index (χ4v) is 2.02. The molecule has 16 heavy (non-hydrogen) atoms. The van der Waals surface area contributed by atoms with Crippen LogP contribution >= 0.6 is 11.8 Å². The molecule has 1 aromatic rings. The standard InChI is InChI=1S/C11H16N2O2S/c1-8(7-16-3)13(2)11(15)9-4-5-12-6-10(9)14/h4-6,8,14H,7H2,1-3H3. The van der Waals surface area contributed by atoms with Gasteiger partial charge in [0, 0.05) is 25.0 Å². The van der Waals surface area contributed by atoms with E-state index in [1.54, 1.807) is 23.7 Å². The van der Waals surface area contributed by atoms with Gasteiger partial charge in [0.1, 0.15) is 5.75 Å². The number of aromatic hydroxyl groups is 1. The highest BCUT2D eigenvalue weighted by atomic mass is 32.2. The summed E-state index contributed by atoms with van der Waals surface area (Å²) in [4.78, 5) is 17.4. The average molecular weight is 240 g/mol. The number of thioether (sulfide) groups is 1. The molecular weight excluding hydrogens is 224 g/mol. The third-order valence-corrected chi connectivity index (χ3v) is 3.24. The lowest BCUT2D eigenvalue weighted by molar-refractivity contribution is 0.0754. The van der Waals surface area contributed by atoms with Gasteiger partial charge in [-0.2, -0.15) is 11.8 Å². The van der Waals surface area contributed by atoms with Gasteiger partial charge in [0.15, 0.2) is 0 Å². The van der Waals surface area contributed by atoms with Crippen molar-refractivity contribution in [1.29, 1.82) is 0 Å². The molecular formula is C11H16N2O2S. The first-order valence-corrected chi connectivity index (χ1v) is 6.36. The number of pyridine rings is 1. The van der Waals surface area contributed by atoms with Crippen molar-refractivity contribution in [3.63, 3.8) is 0 Å². The van der Waals surface area contributed by atoms with E-state index in [0.29, 0.717) is 5.56 Å². The molecule has 1 unspecified atom stereocenters. The summed E-state index contributed by atoms with van der Waals surface area (Å²) in [5, 5.41) is 9.53. The zero-order chi connectivity index (χ0) is 12.1. The van der Waals surface area contributed by atoms with Crippen LogP contribution in [-0.4, -0.2) is 46.0 Å². The summed E-state index contributed by atoms with van der Waals surface area (Å²) >= 11 is 1.69. The Kier molecular flexibility index (Phi) is 4.61. The van der Waals surface area contributed by atoms with Crippen LogP contribution in [0.2, 0.25) is 0 Å². The number of amides is 1. The largest absolute Gasteiger partial charge is 0.505 e. The molecule has 0 saturated heterocycles. The molecule has 0 aliphatic heterocycles. The van der Waals surface area contributed by atoms with Gasteiger partial charge >= 0.3 is 0 Å². The second-order valence-corrected chi connectivity index (χ2v) is 4.52. The van der Waals surface area contributed by atoms with Crippen molar-refractivity contribution >= 4 is 17.7 Å². The van der Waals surface area contributed by atoms with E-state index in [2.05, 4.69) is 4.98 Å². The number of rotatable bonds is 4. The minimum absolute atomic E-state index is 0.0734. The molecule has 0 spiro atoms. The molecule has 0 aromatic carbocycles. The summed E-state index contributed by atoms with van der Waals surface area (Å²) in [6, 6.07) is 1.66. The van der Waals surface area contributed by atoms with Crippen LogP contribution in [0.15, 0.2) is 18.5 Å². The van der Waals surface area contributed by atoms with E-state index in [1.807, 2.05) is 13.2 Å². The van der Waals surface area contributed by atoms with E-state index in [1.165, 1.54) is 18.5 Å². The lowest BCUT2D eigenvalue weighted by atomic mass is 10.2. The van der Waals surface area contributed by atoms with Crippen LogP contribution in [-0.2, 0) is 0 Å². The van der Waals surface area contributed by atoms with Gasteiger partial charge in [0.05, 0.1) is 11.8 Å². The van der Waals surface area contributed by atoms with Crippen LogP contribution in [0.4, 0.5) is 0 Å². The maximum atomic E-state index is 12.0. The van der Waals surface area contributed by atoms with E-state index in [-0.39, 0.29) is 17.7 Å². The summed E-state index contributed by atoms with van der Waals surface area (Å²) in [6.45, 7) is 1.98. The molecule has 0 aliphatic rings. The Labute approximate surface area is 99.7 Å². The smallest absolute Gasteiger partial charge is 0.257 e. The van der Waals surface area contributed by atoms with Gasteiger partial charge in [-0.15, -0.1) is 0 Å². The van der Waals surface area contributed by atoms with Crippen molar-refractivity contribution in [2.75, 3.05) is 19.1 Å². The quantitative estimate of drug-likeness (QED) is 0.868. The first-order valence-electron chi connectivity index (χ1n) is 4.97. The minimum atomic E-state index is -0.179. The van der Waals surface area contributed by atoms with Gasteiger partial charge in [-0.1, -0.05) is 0 Å². The van der Waals surface area contributed by atoms with Crippen LogP contribution in [0.25, 0.3) is 0 Å².